The average molecular weight is 370 g/mol. The van der Waals surface area contributed by atoms with Gasteiger partial charge < -0.3 is 24.1 Å². The molecule has 4 rings (SSSR count). The highest BCUT2D eigenvalue weighted by atomic mass is 16.8. The smallest absolute Gasteiger partial charge is 0.338 e. The summed E-state index contributed by atoms with van der Waals surface area (Å²) in [4.78, 5) is 24.9. The first-order valence-corrected chi connectivity index (χ1v) is 8.60. The zero-order chi connectivity index (χ0) is 18.8. The van der Waals surface area contributed by atoms with Crippen LogP contribution in [0.25, 0.3) is 0 Å². The van der Waals surface area contributed by atoms with Crippen LogP contribution in [0.15, 0.2) is 60.7 Å². The van der Waals surface area contributed by atoms with E-state index in [4.69, 9.17) is 18.9 Å². The second-order valence-corrected chi connectivity index (χ2v) is 6.34. The van der Waals surface area contributed by atoms with Gasteiger partial charge in [0.15, 0.2) is 18.5 Å². The Balaban J connectivity index is 1.55. The number of rotatable bonds is 4. The van der Waals surface area contributed by atoms with Gasteiger partial charge >= 0.3 is 11.9 Å². The van der Waals surface area contributed by atoms with E-state index in [1.807, 2.05) is 0 Å². The van der Waals surface area contributed by atoms with E-state index in [0.29, 0.717) is 11.1 Å². The molecule has 0 unspecified atom stereocenters. The summed E-state index contributed by atoms with van der Waals surface area (Å²) in [6, 6.07) is 16.8. The molecule has 0 aromatic heterocycles. The minimum atomic E-state index is -1.18. The first kappa shape index (κ1) is 17.7. The van der Waals surface area contributed by atoms with Gasteiger partial charge in [-0.1, -0.05) is 36.4 Å². The normalized spacial score (nSPS) is 29.1. The first-order valence-electron chi connectivity index (χ1n) is 8.60. The van der Waals surface area contributed by atoms with Crippen LogP contribution in [-0.2, 0) is 18.9 Å². The second-order valence-electron chi connectivity index (χ2n) is 6.34. The third kappa shape index (κ3) is 3.57. The Kier molecular flexibility index (Phi) is 4.89. The van der Waals surface area contributed by atoms with E-state index in [1.165, 1.54) is 0 Å². The van der Waals surface area contributed by atoms with Gasteiger partial charge in [0.05, 0.1) is 17.7 Å². The molecule has 0 radical (unpaired) electrons. The van der Waals surface area contributed by atoms with E-state index in [1.54, 1.807) is 60.7 Å². The molecule has 0 aliphatic carbocycles. The lowest BCUT2D eigenvalue weighted by Gasteiger charge is -2.37. The van der Waals surface area contributed by atoms with E-state index in [0.717, 1.165) is 0 Å². The summed E-state index contributed by atoms with van der Waals surface area (Å²) in [6.07, 6.45) is -4.91. The molecule has 2 aromatic rings. The number of esters is 2. The standard InChI is InChI=1S/C20H18O7/c21-15-14-11-24-20(25-14)17(27-19(23)13-9-5-2-6-10-13)16(15)26-18(22)12-7-3-1-4-8-12/h1-10,14-17,20-21H,11H2/t14-,15-,16-,17+,20-/m0/s1. The van der Waals surface area contributed by atoms with Crippen molar-refractivity contribution in [2.24, 2.45) is 0 Å². The van der Waals surface area contributed by atoms with Gasteiger partial charge in [0, 0.05) is 0 Å². The molecule has 0 saturated carbocycles. The molecular weight excluding hydrogens is 352 g/mol. The summed E-state index contributed by atoms with van der Waals surface area (Å²) in [7, 11) is 0. The number of hydrogen-bond acceptors (Lipinski definition) is 7. The molecule has 2 aromatic carbocycles. The van der Waals surface area contributed by atoms with Gasteiger partial charge in [-0.15, -0.1) is 0 Å². The predicted octanol–water partition coefficient (Wildman–Crippen LogP) is 1.55. The summed E-state index contributed by atoms with van der Waals surface area (Å²) in [5, 5.41) is 10.5. The van der Waals surface area contributed by atoms with Crippen molar-refractivity contribution < 1.29 is 33.6 Å². The zero-order valence-corrected chi connectivity index (χ0v) is 14.3. The van der Waals surface area contributed by atoms with E-state index in [2.05, 4.69) is 0 Å². The summed E-state index contributed by atoms with van der Waals surface area (Å²) in [6.45, 7) is 0.130. The number of aliphatic hydroxyl groups is 1. The Morgan fingerprint density at radius 1 is 0.852 bits per heavy atom. The van der Waals surface area contributed by atoms with E-state index < -0.39 is 42.6 Å². The van der Waals surface area contributed by atoms with E-state index >= 15 is 0 Å². The fourth-order valence-electron chi connectivity index (χ4n) is 3.14. The Labute approximate surface area is 155 Å². The summed E-state index contributed by atoms with van der Waals surface area (Å²) < 4.78 is 22.0. The molecule has 0 amide bonds. The maximum Gasteiger partial charge on any atom is 0.338 e. The van der Waals surface area contributed by atoms with Crippen molar-refractivity contribution in [1.29, 1.82) is 0 Å². The van der Waals surface area contributed by atoms with Crippen LogP contribution in [0.5, 0.6) is 0 Å². The Morgan fingerprint density at radius 2 is 1.37 bits per heavy atom. The quantitative estimate of drug-likeness (QED) is 0.817. The summed E-state index contributed by atoms with van der Waals surface area (Å²) in [5.74, 6) is -1.24. The topological polar surface area (TPSA) is 91.3 Å². The van der Waals surface area contributed by atoms with Gasteiger partial charge in [0.25, 0.3) is 0 Å². The number of benzene rings is 2. The third-order valence-electron chi connectivity index (χ3n) is 4.55. The van der Waals surface area contributed by atoms with Gasteiger partial charge in [0.2, 0.25) is 0 Å². The number of ether oxygens (including phenoxy) is 4. The molecule has 2 aliphatic rings. The molecule has 1 N–H and O–H groups in total. The largest absolute Gasteiger partial charge is 0.452 e. The number of carbonyl (C=O) groups excluding carboxylic acids is 2. The van der Waals surface area contributed by atoms with Crippen LogP contribution in [0.3, 0.4) is 0 Å². The molecule has 27 heavy (non-hydrogen) atoms. The van der Waals surface area contributed by atoms with Crippen molar-refractivity contribution in [1.82, 2.24) is 0 Å². The maximum absolute atomic E-state index is 12.4. The number of fused-ring (bicyclic) bond motifs is 2. The Morgan fingerprint density at radius 3 is 1.93 bits per heavy atom. The average Bonchev–Trinajstić information content (AvgIpc) is 3.16. The van der Waals surface area contributed by atoms with Crippen LogP contribution in [0.1, 0.15) is 20.7 Å². The fraction of sp³-hybridized carbons (Fsp3) is 0.300. The molecule has 2 saturated heterocycles. The SMILES string of the molecule is O=C(O[C@H]1[C@H]2OC[C@H](O2)[C@H](O)[C@@H]1OC(=O)c1ccccc1)c1ccccc1. The van der Waals surface area contributed by atoms with Crippen LogP contribution >= 0.6 is 0 Å². The second kappa shape index (κ2) is 7.48. The van der Waals surface area contributed by atoms with Gasteiger partial charge in [-0.25, -0.2) is 9.59 Å². The number of carbonyl (C=O) groups is 2. The van der Waals surface area contributed by atoms with Crippen LogP contribution in [0.4, 0.5) is 0 Å². The van der Waals surface area contributed by atoms with Crippen molar-refractivity contribution in [3.8, 4) is 0 Å². The summed E-state index contributed by atoms with van der Waals surface area (Å²) >= 11 is 0. The molecular formula is C20H18O7. The lowest BCUT2D eigenvalue weighted by atomic mass is 10.0. The van der Waals surface area contributed by atoms with Gasteiger partial charge in [0.1, 0.15) is 12.2 Å². The molecule has 7 nitrogen and oxygen atoms in total. The third-order valence-corrected chi connectivity index (χ3v) is 4.55. The van der Waals surface area contributed by atoms with Crippen LogP contribution in [-0.4, -0.2) is 54.4 Å². The number of hydrogen-bond donors (Lipinski definition) is 1. The highest BCUT2D eigenvalue weighted by Crippen LogP contribution is 2.32. The van der Waals surface area contributed by atoms with E-state index in [9.17, 15) is 14.7 Å². The lowest BCUT2D eigenvalue weighted by Crippen LogP contribution is -2.57. The van der Waals surface area contributed by atoms with Crippen molar-refractivity contribution in [2.45, 2.75) is 30.7 Å². The van der Waals surface area contributed by atoms with Crippen molar-refractivity contribution in [2.75, 3.05) is 6.61 Å². The van der Waals surface area contributed by atoms with Gasteiger partial charge in [-0.3, -0.25) is 0 Å². The minimum Gasteiger partial charge on any atom is -0.452 e. The predicted molar refractivity (Wildman–Crippen MR) is 91.9 cm³/mol. The molecule has 2 heterocycles. The zero-order valence-electron chi connectivity index (χ0n) is 14.3. The van der Waals surface area contributed by atoms with Crippen LogP contribution < -0.4 is 0 Å². The first-order chi connectivity index (χ1) is 13.1. The number of aliphatic hydroxyl groups excluding tert-OH is 1. The molecule has 7 heteroatoms. The molecule has 5 atom stereocenters. The van der Waals surface area contributed by atoms with Gasteiger partial charge in [-0.05, 0) is 24.3 Å². The highest BCUT2D eigenvalue weighted by molar-refractivity contribution is 5.90. The van der Waals surface area contributed by atoms with Crippen LogP contribution in [0, 0.1) is 0 Å². The molecule has 2 aliphatic heterocycles. The Bertz CT molecular complexity index is 754. The Hall–Kier alpha value is -2.74. The van der Waals surface area contributed by atoms with Crippen molar-refractivity contribution in [3.05, 3.63) is 71.8 Å². The molecule has 140 valence electrons. The van der Waals surface area contributed by atoms with Crippen molar-refractivity contribution >= 4 is 11.9 Å². The highest BCUT2D eigenvalue weighted by Gasteiger charge is 2.54. The minimum absolute atomic E-state index is 0.130. The van der Waals surface area contributed by atoms with Crippen LogP contribution in [0.2, 0.25) is 0 Å². The molecule has 2 bridgehead atoms. The molecule has 2 fully saturated rings. The fourth-order valence-corrected chi connectivity index (χ4v) is 3.14. The maximum atomic E-state index is 12.4. The lowest BCUT2D eigenvalue weighted by molar-refractivity contribution is -0.228. The van der Waals surface area contributed by atoms with Gasteiger partial charge in [-0.2, -0.15) is 0 Å². The van der Waals surface area contributed by atoms with E-state index in [-0.39, 0.29) is 6.61 Å². The monoisotopic (exact) mass is 370 g/mol. The van der Waals surface area contributed by atoms with Crippen molar-refractivity contribution in [3.63, 3.8) is 0 Å². The summed E-state index contributed by atoms with van der Waals surface area (Å²) in [5.41, 5.74) is 0.665. The molecule has 0 spiro atoms.